The Hall–Kier alpha value is -2.77. The number of hydrogen-bond acceptors (Lipinski definition) is 6. The van der Waals surface area contributed by atoms with E-state index in [0.29, 0.717) is 31.3 Å². The number of benzene rings is 1. The van der Waals surface area contributed by atoms with Crippen LogP contribution in [-0.2, 0) is 11.3 Å². The fraction of sp³-hybridized carbons (Fsp3) is 0.286. The van der Waals surface area contributed by atoms with Gasteiger partial charge in [-0.1, -0.05) is 41.1 Å². The molecule has 1 fully saturated rings. The summed E-state index contributed by atoms with van der Waals surface area (Å²) in [5.74, 6) is 1.31. The minimum atomic E-state index is 0.0537. The lowest BCUT2D eigenvalue weighted by Gasteiger charge is -2.33. The van der Waals surface area contributed by atoms with Crippen molar-refractivity contribution in [3.8, 4) is 10.7 Å². The van der Waals surface area contributed by atoms with Gasteiger partial charge in [-0.3, -0.25) is 9.69 Å². The molecule has 1 aliphatic rings. The Morgan fingerprint density at radius 1 is 1.18 bits per heavy atom. The lowest BCUT2D eigenvalue weighted by Crippen LogP contribution is -2.47. The van der Waals surface area contributed by atoms with Gasteiger partial charge < -0.3 is 9.42 Å². The standard InChI is InChI=1S/C21H22N4O2S/c1-16-4-6-17(7-5-16)8-9-20(26)25-12-10-24(11-13-25)15-19-22-21(23-27-19)18-3-2-14-28-18/h2-9,14H,10-13,15H2,1H3/b9-8+. The van der Waals surface area contributed by atoms with E-state index >= 15 is 0 Å². The van der Waals surface area contributed by atoms with Crippen LogP contribution in [0.15, 0.2) is 52.4 Å². The molecule has 0 spiro atoms. The van der Waals surface area contributed by atoms with Crippen LogP contribution in [0.3, 0.4) is 0 Å². The number of thiophene rings is 1. The molecule has 0 bridgehead atoms. The first-order valence-electron chi connectivity index (χ1n) is 9.30. The number of carbonyl (C=O) groups is 1. The largest absolute Gasteiger partial charge is 0.338 e. The number of piperazine rings is 1. The van der Waals surface area contributed by atoms with Crippen LogP contribution in [0.25, 0.3) is 16.8 Å². The van der Waals surface area contributed by atoms with Crippen molar-refractivity contribution in [2.45, 2.75) is 13.5 Å². The Bertz CT molecular complexity index is 939. The number of nitrogens with zero attached hydrogens (tertiary/aromatic N) is 4. The maximum Gasteiger partial charge on any atom is 0.246 e. The van der Waals surface area contributed by atoms with Crippen LogP contribution in [0.5, 0.6) is 0 Å². The average molecular weight is 395 g/mol. The SMILES string of the molecule is Cc1ccc(/C=C/C(=O)N2CCN(Cc3nc(-c4cccs4)no3)CC2)cc1. The van der Waals surface area contributed by atoms with Gasteiger partial charge in [0.2, 0.25) is 17.6 Å². The second-order valence-electron chi connectivity index (χ2n) is 6.83. The monoisotopic (exact) mass is 394 g/mol. The number of amides is 1. The molecule has 3 heterocycles. The highest BCUT2D eigenvalue weighted by Crippen LogP contribution is 2.21. The van der Waals surface area contributed by atoms with Crippen molar-refractivity contribution in [1.29, 1.82) is 0 Å². The topological polar surface area (TPSA) is 62.5 Å². The van der Waals surface area contributed by atoms with Gasteiger partial charge in [-0.15, -0.1) is 11.3 Å². The fourth-order valence-corrected chi connectivity index (χ4v) is 3.74. The molecule has 1 aromatic carbocycles. The summed E-state index contributed by atoms with van der Waals surface area (Å²) in [4.78, 5) is 22.0. The number of carbonyl (C=O) groups excluding carboxylic acids is 1. The molecule has 0 N–H and O–H groups in total. The quantitative estimate of drug-likeness (QED) is 0.620. The summed E-state index contributed by atoms with van der Waals surface area (Å²) in [6.07, 6.45) is 3.53. The number of aryl methyl sites for hydroxylation is 1. The Balaban J connectivity index is 1.27. The molecule has 1 amide bonds. The third-order valence-electron chi connectivity index (χ3n) is 4.75. The van der Waals surface area contributed by atoms with Crippen molar-refractivity contribution in [2.75, 3.05) is 26.2 Å². The van der Waals surface area contributed by atoms with Gasteiger partial charge in [0.1, 0.15) is 0 Å². The number of rotatable bonds is 5. The van der Waals surface area contributed by atoms with Crippen LogP contribution in [0, 0.1) is 6.92 Å². The van der Waals surface area contributed by atoms with E-state index in [4.69, 9.17) is 4.52 Å². The highest BCUT2D eigenvalue weighted by atomic mass is 32.1. The van der Waals surface area contributed by atoms with Gasteiger partial charge >= 0.3 is 0 Å². The zero-order valence-electron chi connectivity index (χ0n) is 15.7. The van der Waals surface area contributed by atoms with Crippen molar-refractivity contribution < 1.29 is 9.32 Å². The summed E-state index contributed by atoms with van der Waals surface area (Å²) in [6.45, 7) is 5.64. The summed E-state index contributed by atoms with van der Waals surface area (Å²) >= 11 is 1.59. The molecule has 0 radical (unpaired) electrons. The van der Waals surface area contributed by atoms with E-state index < -0.39 is 0 Å². The van der Waals surface area contributed by atoms with Gasteiger partial charge in [-0.05, 0) is 30.0 Å². The average Bonchev–Trinajstić information content (AvgIpc) is 3.40. The number of aromatic nitrogens is 2. The van der Waals surface area contributed by atoms with Crippen molar-refractivity contribution in [3.05, 3.63) is 64.9 Å². The molecule has 4 rings (SSSR count). The Morgan fingerprint density at radius 3 is 2.68 bits per heavy atom. The van der Waals surface area contributed by atoms with E-state index in [2.05, 4.69) is 22.0 Å². The van der Waals surface area contributed by atoms with Crippen LogP contribution in [-0.4, -0.2) is 52.0 Å². The van der Waals surface area contributed by atoms with Crippen LogP contribution in [0.1, 0.15) is 17.0 Å². The van der Waals surface area contributed by atoms with Crippen molar-refractivity contribution >= 4 is 23.3 Å². The van der Waals surface area contributed by atoms with Gasteiger partial charge in [-0.2, -0.15) is 4.98 Å². The second kappa shape index (κ2) is 8.50. The molecule has 0 aliphatic carbocycles. The second-order valence-corrected chi connectivity index (χ2v) is 7.78. The highest BCUT2D eigenvalue weighted by Gasteiger charge is 2.21. The van der Waals surface area contributed by atoms with E-state index in [9.17, 15) is 4.79 Å². The summed E-state index contributed by atoms with van der Waals surface area (Å²) in [6, 6.07) is 12.1. The molecule has 2 aromatic heterocycles. The van der Waals surface area contributed by atoms with E-state index in [1.807, 2.05) is 52.8 Å². The molecule has 0 saturated carbocycles. The molecule has 7 heteroatoms. The van der Waals surface area contributed by atoms with Crippen LogP contribution >= 0.6 is 11.3 Å². The molecular formula is C21H22N4O2S. The Kier molecular flexibility index (Phi) is 5.64. The maximum absolute atomic E-state index is 12.4. The van der Waals surface area contributed by atoms with Crippen molar-refractivity contribution in [3.63, 3.8) is 0 Å². The van der Waals surface area contributed by atoms with Gasteiger partial charge in [0.05, 0.1) is 11.4 Å². The van der Waals surface area contributed by atoms with Gasteiger partial charge in [0.15, 0.2) is 0 Å². The van der Waals surface area contributed by atoms with Gasteiger partial charge in [0, 0.05) is 32.3 Å². The molecule has 3 aromatic rings. The molecule has 1 aliphatic heterocycles. The van der Waals surface area contributed by atoms with Gasteiger partial charge in [0.25, 0.3) is 0 Å². The zero-order valence-corrected chi connectivity index (χ0v) is 16.6. The van der Waals surface area contributed by atoms with Crippen molar-refractivity contribution in [1.82, 2.24) is 19.9 Å². The first-order valence-corrected chi connectivity index (χ1v) is 10.2. The van der Waals surface area contributed by atoms with E-state index in [1.165, 1.54) is 5.56 Å². The fourth-order valence-electron chi connectivity index (χ4n) is 3.09. The normalized spacial score (nSPS) is 15.4. The molecule has 0 atom stereocenters. The summed E-state index contributed by atoms with van der Waals surface area (Å²) in [5.41, 5.74) is 2.25. The third-order valence-corrected chi connectivity index (χ3v) is 5.61. The minimum absolute atomic E-state index is 0.0537. The first-order chi connectivity index (χ1) is 13.7. The number of hydrogen-bond donors (Lipinski definition) is 0. The molecule has 144 valence electrons. The Morgan fingerprint density at radius 2 is 1.96 bits per heavy atom. The minimum Gasteiger partial charge on any atom is -0.338 e. The molecule has 1 saturated heterocycles. The molecular weight excluding hydrogens is 372 g/mol. The predicted molar refractivity (Wildman–Crippen MR) is 110 cm³/mol. The lowest BCUT2D eigenvalue weighted by molar-refractivity contribution is -0.127. The summed E-state index contributed by atoms with van der Waals surface area (Å²) in [7, 11) is 0. The molecule has 0 unspecified atom stereocenters. The highest BCUT2D eigenvalue weighted by molar-refractivity contribution is 7.13. The van der Waals surface area contributed by atoms with Gasteiger partial charge in [-0.25, -0.2) is 0 Å². The Labute approximate surface area is 168 Å². The van der Waals surface area contributed by atoms with Crippen LogP contribution in [0.4, 0.5) is 0 Å². The van der Waals surface area contributed by atoms with E-state index in [-0.39, 0.29) is 5.91 Å². The van der Waals surface area contributed by atoms with Crippen LogP contribution in [0.2, 0.25) is 0 Å². The maximum atomic E-state index is 12.4. The smallest absolute Gasteiger partial charge is 0.246 e. The predicted octanol–water partition coefficient (Wildman–Crippen LogP) is 3.46. The molecule has 6 nitrogen and oxygen atoms in total. The summed E-state index contributed by atoms with van der Waals surface area (Å²) < 4.78 is 5.37. The first kappa shape index (κ1) is 18.6. The van der Waals surface area contributed by atoms with E-state index in [1.54, 1.807) is 17.4 Å². The zero-order chi connectivity index (χ0) is 19.3. The lowest BCUT2D eigenvalue weighted by atomic mass is 10.1. The van der Waals surface area contributed by atoms with Crippen molar-refractivity contribution in [2.24, 2.45) is 0 Å². The molecule has 28 heavy (non-hydrogen) atoms. The third kappa shape index (κ3) is 4.55. The van der Waals surface area contributed by atoms with E-state index in [0.717, 1.165) is 23.5 Å². The van der Waals surface area contributed by atoms with Crippen LogP contribution < -0.4 is 0 Å². The summed E-state index contributed by atoms with van der Waals surface area (Å²) in [5, 5.41) is 6.04.